The first kappa shape index (κ1) is 27.1. The lowest BCUT2D eigenvalue weighted by Gasteiger charge is -2.18. The van der Waals surface area contributed by atoms with Crippen LogP contribution in [-0.4, -0.2) is 59.4 Å². The van der Waals surface area contributed by atoms with Crippen molar-refractivity contribution in [3.63, 3.8) is 0 Å². The SMILES string of the molecule is CCOC(=O)c1cc2c(=O)n3ccccc3nc2n(C[C@@H]2CCCO2)c1=NC(=O)Cc1ccc(OC)c(OC)c1. The van der Waals surface area contributed by atoms with Crippen molar-refractivity contribution in [1.82, 2.24) is 14.0 Å². The molecule has 11 heteroatoms. The van der Waals surface area contributed by atoms with Crippen molar-refractivity contribution < 1.29 is 28.5 Å². The molecular formula is C29H30N4O7. The van der Waals surface area contributed by atoms with Crippen molar-refractivity contribution in [2.24, 2.45) is 4.99 Å². The third kappa shape index (κ3) is 5.32. The molecule has 11 nitrogen and oxygen atoms in total. The van der Waals surface area contributed by atoms with Crippen LogP contribution >= 0.6 is 0 Å². The molecule has 1 aliphatic rings. The highest BCUT2D eigenvalue weighted by atomic mass is 16.5. The highest BCUT2D eigenvalue weighted by Gasteiger charge is 2.24. The number of rotatable bonds is 8. The molecule has 0 unspecified atom stereocenters. The minimum atomic E-state index is -0.694. The predicted molar refractivity (Wildman–Crippen MR) is 146 cm³/mol. The van der Waals surface area contributed by atoms with E-state index in [2.05, 4.69) is 4.99 Å². The maximum absolute atomic E-state index is 13.5. The van der Waals surface area contributed by atoms with Gasteiger partial charge in [-0.25, -0.2) is 9.78 Å². The maximum Gasteiger partial charge on any atom is 0.341 e. The summed E-state index contributed by atoms with van der Waals surface area (Å²) in [4.78, 5) is 49.2. The lowest BCUT2D eigenvalue weighted by Crippen LogP contribution is -2.35. The zero-order valence-corrected chi connectivity index (χ0v) is 22.6. The number of aromatic nitrogens is 3. The zero-order valence-electron chi connectivity index (χ0n) is 22.6. The second-order valence-electron chi connectivity index (χ2n) is 9.30. The molecule has 40 heavy (non-hydrogen) atoms. The summed E-state index contributed by atoms with van der Waals surface area (Å²) >= 11 is 0. The minimum absolute atomic E-state index is 0.00258. The van der Waals surface area contributed by atoms with E-state index >= 15 is 0 Å². The molecule has 4 aromatic rings. The number of carbonyl (C=O) groups is 2. The normalized spacial score (nSPS) is 15.5. The molecule has 208 valence electrons. The highest BCUT2D eigenvalue weighted by molar-refractivity contribution is 5.94. The molecule has 1 aromatic carbocycles. The van der Waals surface area contributed by atoms with Crippen LogP contribution in [0.4, 0.5) is 0 Å². The number of esters is 1. The van der Waals surface area contributed by atoms with Crippen molar-refractivity contribution in [2.75, 3.05) is 27.4 Å². The molecule has 1 saturated heterocycles. The van der Waals surface area contributed by atoms with Crippen molar-refractivity contribution in [3.05, 3.63) is 75.6 Å². The van der Waals surface area contributed by atoms with Crippen LogP contribution in [0.15, 0.2) is 58.4 Å². The van der Waals surface area contributed by atoms with Crippen LogP contribution in [0.25, 0.3) is 16.7 Å². The Kier molecular flexibility index (Phi) is 7.92. The number of fused-ring (bicyclic) bond motifs is 2. The minimum Gasteiger partial charge on any atom is -0.493 e. The molecule has 1 amide bonds. The maximum atomic E-state index is 13.5. The van der Waals surface area contributed by atoms with E-state index in [-0.39, 0.29) is 47.7 Å². The van der Waals surface area contributed by atoms with E-state index in [1.807, 2.05) is 0 Å². The molecule has 0 N–H and O–H groups in total. The van der Waals surface area contributed by atoms with Crippen molar-refractivity contribution in [1.29, 1.82) is 0 Å². The Morgan fingerprint density at radius 3 is 2.67 bits per heavy atom. The molecule has 3 aromatic heterocycles. The summed E-state index contributed by atoms with van der Waals surface area (Å²) in [6.07, 6.45) is 3.02. The van der Waals surface area contributed by atoms with Crippen LogP contribution in [0.1, 0.15) is 35.7 Å². The summed E-state index contributed by atoms with van der Waals surface area (Å²) in [6, 6.07) is 11.8. The quantitative estimate of drug-likeness (QED) is 0.244. The van der Waals surface area contributed by atoms with Crippen LogP contribution in [-0.2, 0) is 27.2 Å². The van der Waals surface area contributed by atoms with Crippen LogP contribution in [0, 0.1) is 0 Å². The molecule has 5 rings (SSSR count). The fraction of sp³-hybridized carbons (Fsp3) is 0.345. The smallest absolute Gasteiger partial charge is 0.341 e. The number of ether oxygens (including phenoxy) is 4. The Morgan fingerprint density at radius 1 is 1.12 bits per heavy atom. The number of benzene rings is 1. The van der Waals surface area contributed by atoms with Gasteiger partial charge in [-0.3, -0.25) is 14.0 Å². The summed E-state index contributed by atoms with van der Waals surface area (Å²) in [7, 11) is 3.05. The van der Waals surface area contributed by atoms with Gasteiger partial charge in [-0.2, -0.15) is 4.99 Å². The van der Waals surface area contributed by atoms with Gasteiger partial charge in [-0.15, -0.1) is 0 Å². The molecule has 1 aliphatic heterocycles. The summed E-state index contributed by atoms with van der Waals surface area (Å²) in [5, 5.41) is 0.205. The third-order valence-corrected chi connectivity index (χ3v) is 6.73. The number of pyridine rings is 2. The lowest BCUT2D eigenvalue weighted by atomic mass is 10.1. The first-order chi connectivity index (χ1) is 19.4. The molecule has 0 aliphatic carbocycles. The molecule has 0 spiro atoms. The Morgan fingerprint density at radius 2 is 1.95 bits per heavy atom. The number of carbonyl (C=O) groups excluding carboxylic acids is 2. The van der Waals surface area contributed by atoms with Gasteiger partial charge in [0.25, 0.3) is 11.5 Å². The van der Waals surface area contributed by atoms with Gasteiger partial charge in [0.15, 0.2) is 17.0 Å². The first-order valence-electron chi connectivity index (χ1n) is 13.1. The van der Waals surface area contributed by atoms with Gasteiger partial charge in [0.1, 0.15) is 16.9 Å². The van der Waals surface area contributed by atoms with Gasteiger partial charge in [0.05, 0.1) is 45.3 Å². The van der Waals surface area contributed by atoms with Gasteiger partial charge in [-0.05, 0) is 55.7 Å². The molecule has 0 saturated carbocycles. The van der Waals surface area contributed by atoms with Crippen LogP contribution in [0.2, 0.25) is 0 Å². The molecular weight excluding hydrogens is 516 g/mol. The van der Waals surface area contributed by atoms with Crippen LogP contribution < -0.4 is 20.5 Å². The van der Waals surface area contributed by atoms with Gasteiger partial charge < -0.3 is 23.5 Å². The van der Waals surface area contributed by atoms with Gasteiger partial charge in [0.2, 0.25) is 0 Å². The largest absolute Gasteiger partial charge is 0.493 e. The Bertz CT molecular complexity index is 1720. The molecule has 0 radical (unpaired) electrons. The molecule has 1 fully saturated rings. The second kappa shape index (κ2) is 11.7. The Labute approximate surface area is 229 Å². The lowest BCUT2D eigenvalue weighted by molar-refractivity contribution is -0.117. The molecule has 4 heterocycles. The topological polar surface area (TPSA) is 123 Å². The monoisotopic (exact) mass is 546 g/mol. The number of nitrogens with zero attached hydrogens (tertiary/aromatic N) is 4. The van der Waals surface area contributed by atoms with E-state index in [1.54, 1.807) is 54.1 Å². The molecule has 1 atom stereocenters. The van der Waals surface area contributed by atoms with Gasteiger partial charge in [-0.1, -0.05) is 12.1 Å². The number of amides is 1. The van der Waals surface area contributed by atoms with Gasteiger partial charge >= 0.3 is 5.97 Å². The van der Waals surface area contributed by atoms with E-state index < -0.39 is 11.9 Å². The highest BCUT2D eigenvalue weighted by Crippen LogP contribution is 2.27. The fourth-order valence-corrected chi connectivity index (χ4v) is 4.85. The zero-order chi connectivity index (χ0) is 28.2. The third-order valence-electron chi connectivity index (χ3n) is 6.73. The van der Waals surface area contributed by atoms with Crippen LogP contribution in [0.5, 0.6) is 11.5 Å². The van der Waals surface area contributed by atoms with Crippen LogP contribution in [0.3, 0.4) is 0 Å². The van der Waals surface area contributed by atoms with E-state index in [1.165, 1.54) is 24.7 Å². The summed E-state index contributed by atoms with van der Waals surface area (Å²) in [5.74, 6) is -0.180. The standard InChI is InChI=1S/C29H30N4O7/c1-4-39-29(36)21-16-20-26(30-24-9-5-6-12-32(24)28(20)35)33(17-19-8-7-13-40-19)27(21)31-25(34)15-18-10-11-22(37-2)23(14-18)38-3/h5-6,9-12,14,16,19H,4,7-8,13,15,17H2,1-3H3/t19-/m0/s1. The van der Waals surface area contributed by atoms with E-state index in [4.69, 9.17) is 23.9 Å². The van der Waals surface area contributed by atoms with Crippen molar-refractivity contribution >= 4 is 28.6 Å². The first-order valence-corrected chi connectivity index (χ1v) is 13.1. The van der Waals surface area contributed by atoms with E-state index in [0.29, 0.717) is 35.0 Å². The van der Waals surface area contributed by atoms with Gasteiger partial charge in [0, 0.05) is 12.8 Å². The average molecular weight is 547 g/mol. The number of hydrogen-bond donors (Lipinski definition) is 0. The van der Waals surface area contributed by atoms with E-state index in [0.717, 1.165) is 12.8 Å². The summed E-state index contributed by atoms with van der Waals surface area (Å²) in [5.41, 5.74) is 1.10. The van der Waals surface area contributed by atoms with Crippen molar-refractivity contribution in [3.8, 4) is 11.5 Å². The second-order valence-corrected chi connectivity index (χ2v) is 9.30. The number of methoxy groups -OCH3 is 2. The fourth-order valence-electron chi connectivity index (χ4n) is 4.85. The summed E-state index contributed by atoms with van der Waals surface area (Å²) in [6.45, 7) is 2.64. The number of hydrogen-bond acceptors (Lipinski definition) is 8. The molecule has 0 bridgehead atoms. The van der Waals surface area contributed by atoms with Crippen molar-refractivity contribution in [2.45, 2.75) is 38.8 Å². The Balaban J connectivity index is 1.73. The average Bonchev–Trinajstić information content (AvgIpc) is 3.48. The predicted octanol–water partition coefficient (Wildman–Crippen LogP) is 2.69. The Hall–Kier alpha value is -4.51. The summed E-state index contributed by atoms with van der Waals surface area (Å²) < 4.78 is 24.9. The van der Waals surface area contributed by atoms with E-state index in [9.17, 15) is 14.4 Å².